The first-order chi connectivity index (χ1) is 8.90. The third-order valence-electron chi connectivity index (χ3n) is 3.41. The zero-order valence-corrected chi connectivity index (χ0v) is 12.2. The van der Waals surface area contributed by atoms with Crippen LogP contribution in [0.3, 0.4) is 0 Å². The van der Waals surface area contributed by atoms with Gasteiger partial charge in [-0.3, -0.25) is 0 Å². The smallest absolute Gasteiger partial charge is 0.0130 e. The first-order valence-electron chi connectivity index (χ1n) is 7.03. The van der Waals surface area contributed by atoms with Crippen LogP contribution in [0.2, 0.25) is 0 Å². The molecule has 96 valence electrons. The second-order valence-corrected chi connectivity index (χ2v) is 6.47. The summed E-state index contributed by atoms with van der Waals surface area (Å²) in [6, 6.07) is 0. The van der Waals surface area contributed by atoms with Crippen LogP contribution in [-0.4, -0.2) is 11.8 Å². The van der Waals surface area contributed by atoms with Gasteiger partial charge in [0.15, 0.2) is 0 Å². The van der Waals surface area contributed by atoms with Crippen LogP contribution in [0.25, 0.3) is 0 Å². The van der Waals surface area contributed by atoms with Crippen molar-refractivity contribution in [3.8, 4) is 0 Å². The van der Waals surface area contributed by atoms with Crippen LogP contribution in [0.5, 0.6) is 0 Å². The van der Waals surface area contributed by atoms with E-state index in [1.807, 2.05) is 0 Å². The Morgan fingerprint density at radius 1 is 1.17 bits per heavy atom. The largest absolute Gasteiger partial charge is 0.111 e. The first-order valence-corrected chi connectivity index (χ1v) is 8.32. The number of unbranched alkanes of at least 4 members (excludes halogenated alkanes) is 1. The van der Waals surface area contributed by atoms with Gasteiger partial charge >= 0.3 is 0 Å². The van der Waals surface area contributed by atoms with E-state index in [0.717, 1.165) is 15.0 Å². The van der Waals surface area contributed by atoms with Crippen LogP contribution in [0.4, 0.5) is 0 Å². The number of hydrogen-bond donors (Lipinski definition) is 0. The zero-order valence-electron chi connectivity index (χ0n) is 11.2. The maximum Gasteiger partial charge on any atom is 0.0130 e. The standard InChI is InChI=1S/C17H23P/c1-2-3-13-18-17-12-8-7-11-16(14-17)15-9-5-4-6-10-15/h4-9,11-12,14-15,17-18H,2-3,10,13H2,1H3. The van der Waals surface area contributed by atoms with Gasteiger partial charge in [0.2, 0.25) is 0 Å². The van der Waals surface area contributed by atoms with E-state index in [1.54, 1.807) is 0 Å². The number of allylic oxidation sites excluding steroid dienone is 10. The molecule has 0 nitrogen and oxygen atoms in total. The minimum absolute atomic E-state index is 0.588. The summed E-state index contributed by atoms with van der Waals surface area (Å²) in [7, 11) is 1.04. The maximum atomic E-state index is 2.49. The van der Waals surface area contributed by atoms with Crippen molar-refractivity contribution >= 4 is 8.58 Å². The molecule has 2 aliphatic carbocycles. The fourth-order valence-electron chi connectivity index (χ4n) is 2.32. The van der Waals surface area contributed by atoms with E-state index >= 15 is 0 Å². The van der Waals surface area contributed by atoms with Crippen molar-refractivity contribution < 1.29 is 0 Å². The molecular formula is C17H23P. The normalized spacial score (nSPS) is 26.8. The van der Waals surface area contributed by atoms with Crippen molar-refractivity contribution in [3.63, 3.8) is 0 Å². The molecule has 0 aromatic heterocycles. The van der Waals surface area contributed by atoms with E-state index in [2.05, 4.69) is 61.6 Å². The molecular weight excluding hydrogens is 235 g/mol. The average Bonchev–Trinajstić information content (AvgIpc) is 2.66. The molecule has 3 unspecified atom stereocenters. The van der Waals surface area contributed by atoms with Crippen LogP contribution in [0.1, 0.15) is 26.2 Å². The zero-order chi connectivity index (χ0) is 12.6. The monoisotopic (exact) mass is 258 g/mol. The van der Waals surface area contributed by atoms with Gasteiger partial charge in [-0.15, -0.1) is 8.58 Å². The van der Waals surface area contributed by atoms with Gasteiger partial charge in [0.25, 0.3) is 0 Å². The molecule has 0 heterocycles. The van der Waals surface area contributed by atoms with Gasteiger partial charge in [-0.05, 0) is 24.6 Å². The molecule has 1 heteroatoms. The second kappa shape index (κ2) is 7.54. The molecule has 18 heavy (non-hydrogen) atoms. The number of rotatable bonds is 5. The molecule has 0 aromatic carbocycles. The van der Waals surface area contributed by atoms with E-state index in [9.17, 15) is 0 Å². The van der Waals surface area contributed by atoms with E-state index < -0.39 is 0 Å². The summed E-state index contributed by atoms with van der Waals surface area (Å²) < 4.78 is 0. The van der Waals surface area contributed by atoms with Crippen LogP contribution < -0.4 is 0 Å². The molecule has 0 fully saturated rings. The second-order valence-electron chi connectivity index (χ2n) is 4.90. The lowest BCUT2D eigenvalue weighted by molar-refractivity contribution is 0.783. The molecule has 2 rings (SSSR count). The van der Waals surface area contributed by atoms with Crippen molar-refractivity contribution in [2.45, 2.75) is 31.8 Å². The summed E-state index contributed by atoms with van der Waals surface area (Å²) in [5.41, 5.74) is 2.15. The van der Waals surface area contributed by atoms with E-state index in [-0.39, 0.29) is 0 Å². The lowest BCUT2D eigenvalue weighted by atomic mass is 9.91. The average molecular weight is 258 g/mol. The Morgan fingerprint density at radius 2 is 2.06 bits per heavy atom. The van der Waals surface area contributed by atoms with Crippen LogP contribution in [-0.2, 0) is 0 Å². The molecule has 0 radical (unpaired) electrons. The van der Waals surface area contributed by atoms with Gasteiger partial charge in [0, 0.05) is 11.6 Å². The van der Waals surface area contributed by atoms with Gasteiger partial charge in [0.05, 0.1) is 0 Å². The summed E-state index contributed by atoms with van der Waals surface area (Å²) in [5.74, 6) is 0.588. The number of hydrogen-bond acceptors (Lipinski definition) is 0. The molecule has 0 spiro atoms. The van der Waals surface area contributed by atoms with Gasteiger partial charge in [0.1, 0.15) is 0 Å². The lowest BCUT2D eigenvalue weighted by Gasteiger charge is -2.16. The Morgan fingerprint density at radius 3 is 2.83 bits per heavy atom. The fraction of sp³-hybridized carbons (Fsp3) is 0.412. The molecule has 3 atom stereocenters. The molecule has 0 saturated heterocycles. The van der Waals surface area contributed by atoms with Crippen molar-refractivity contribution in [1.29, 1.82) is 0 Å². The van der Waals surface area contributed by atoms with Crippen molar-refractivity contribution in [1.82, 2.24) is 0 Å². The van der Waals surface area contributed by atoms with Crippen molar-refractivity contribution in [2.24, 2.45) is 5.92 Å². The summed E-state index contributed by atoms with van der Waals surface area (Å²) in [6.07, 6.45) is 25.7. The SMILES string of the molecule is CCCCPC1C=CC=CC(C2C=CC=CC2)=C1. The predicted molar refractivity (Wildman–Crippen MR) is 84.6 cm³/mol. The van der Waals surface area contributed by atoms with Gasteiger partial charge in [-0.2, -0.15) is 0 Å². The van der Waals surface area contributed by atoms with Crippen LogP contribution in [0.15, 0.2) is 60.3 Å². The first kappa shape index (κ1) is 13.6. The predicted octanol–water partition coefficient (Wildman–Crippen LogP) is 5.02. The van der Waals surface area contributed by atoms with Gasteiger partial charge in [-0.25, -0.2) is 0 Å². The van der Waals surface area contributed by atoms with Crippen molar-refractivity contribution in [2.75, 3.05) is 6.16 Å². The Labute approximate surface area is 113 Å². The highest BCUT2D eigenvalue weighted by molar-refractivity contribution is 7.39. The van der Waals surface area contributed by atoms with E-state index in [1.165, 1.54) is 24.6 Å². The van der Waals surface area contributed by atoms with E-state index in [0.29, 0.717) is 11.6 Å². The van der Waals surface area contributed by atoms with Crippen molar-refractivity contribution in [3.05, 3.63) is 60.3 Å². The summed E-state index contributed by atoms with van der Waals surface area (Å²) in [5, 5.41) is 0. The molecule has 0 N–H and O–H groups in total. The third kappa shape index (κ3) is 4.10. The highest BCUT2D eigenvalue weighted by Gasteiger charge is 2.12. The summed E-state index contributed by atoms with van der Waals surface area (Å²) in [6.45, 7) is 2.27. The maximum absolute atomic E-state index is 2.49. The quantitative estimate of drug-likeness (QED) is 0.480. The molecule has 0 saturated carbocycles. The van der Waals surface area contributed by atoms with Gasteiger partial charge in [-0.1, -0.05) is 68.0 Å². The Hall–Kier alpha value is -0.870. The Balaban J connectivity index is 1.99. The summed E-state index contributed by atoms with van der Waals surface area (Å²) >= 11 is 0. The van der Waals surface area contributed by atoms with Gasteiger partial charge < -0.3 is 0 Å². The Kier molecular flexibility index (Phi) is 5.68. The highest BCUT2D eigenvalue weighted by atomic mass is 31.1. The van der Waals surface area contributed by atoms with Crippen LogP contribution >= 0.6 is 8.58 Å². The minimum atomic E-state index is 0.588. The molecule has 0 bridgehead atoms. The highest BCUT2D eigenvalue weighted by Crippen LogP contribution is 2.30. The molecule has 0 amide bonds. The molecule has 0 aliphatic heterocycles. The lowest BCUT2D eigenvalue weighted by Crippen LogP contribution is -2.03. The molecule has 0 aromatic rings. The fourth-order valence-corrected chi connectivity index (χ4v) is 3.76. The topological polar surface area (TPSA) is 0 Å². The van der Waals surface area contributed by atoms with Crippen LogP contribution in [0, 0.1) is 5.92 Å². The third-order valence-corrected chi connectivity index (χ3v) is 4.88. The minimum Gasteiger partial charge on any atom is -0.111 e. The molecule has 2 aliphatic rings. The summed E-state index contributed by atoms with van der Waals surface area (Å²) in [4.78, 5) is 0. The Bertz CT molecular complexity index is 396. The van der Waals surface area contributed by atoms with E-state index in [4.69, 9.17) is 0 Å².